The zero-order valence-electron chi connectivity index (χ0n) is 20.4. The molecule has 0 radical (unpaired) electrons. The number of aliphatic carboxylic acids is 1. The van der Waals surface area contributed by atoms with Gasteiger partial charge < -0.3 is 48.5 Å². The van der Waals surface area contributed by atoms with Gasteiger partial charge >= 0.3 is 5.97 Å². The molecule has 4 atom stereocenters. The SMILES string of the molecule is NCCCCC(NC(=O)C(N)CO)C(=O)NC(CCC(N)=O)C(=O)NC(Cc1ccc(O)cc1)C(=O)O. The first-order chi connectivity index (χ1) is 17.5. The van der Waals surface area contributed by atoms with Gasteiger partial charge in [-0.3, -0.25) is 19.2 Å². The van der Waals surface area contributed by atoms with E-state index >= 15 is 0 Å². The predicted molar refractivity (Wildman–Crippen MR) is 132 cm³/mol. The van der Waals surface area contributed by atoms with Crippen molar-refractivity contribution in [2.24, 2.45) is 17.2 Å². The summed E-state index contributed by atoms with van der Waals surface area (Å²) in [5, 5.41) is 35.3. The molecule has 0 bridgehead atoms. The summed E-state index contributed by atoms with van der Waals surface area (Å²) < 4.78 is 0. The summed E-state index contributed by atoms with van der Waals surface area (Å²) in [6, 6.07) is 0.601. The topological polar surface area (TPSA) is 260 Å². The highest BCUT2D eigenvalue weighted by molar-refractivity contribution is 5.94. The molecule has 0 aliphatic carbocycles. The summed E-state index contributed by atoms with van der Waals surface area (Å²) in [5.41, 5.74) is 16.7. The van der Waals surface area contributed by atoms with Crippen LogP contribution in [0.25, 0.3) is 0 Å². The maximum absolute atomic E-state index is 13.0. The number of aliphatic hydroxyl groups is 1. The molecule has 1 rings (SSSR count). The van der Waals surface area contributed by atoms with Crippen LogP contribution in [0.3, 0.4) is 0 Å². The number of hydrogen-bond acceptors (Lipinski definition) is 9. The Bertz CT molecular complexity index is 926. The lowest BCUT2D eigenvalue weighted by Gasteiger charge is -2.25. The normalized spacial score (nSPS) is 14.0. The number of benzene rings is 1. The minimum absolute atomic E-state index is 0.0121. The Balaban J connectivity index is 3.03. The van der Waals surface area contributed by atoms with Crippen LogP contribution in [-0.2, 0) is 30.4 Å². The third kappa shape index (κ3) is 11.7. The molecule has 12 N–H and O–H groups in total. The Kier molecular flexibility index (Phi) is 13.6. The highest BCUT2D eigenvalue weighted by Crippen LogP contribution is 2.12. The van der Waals surface area contributed by atoms with E-state index in [9.17, 15) is 34.2 Å². The monoisotopic (exact) mass is 524 g/mol. The van der Waals surface area contributed by atoms with Gasteiger partial charge in [-0.05, 0) is 49.9 Å². The van der Waals surface area contributed by atoms with Gasteiger partial charge in [-0.1, -0.05) is 12.1 Å². The average Bonchev–Trinajstić information content (AvgIpc) is 2.85. The molecule has 0 aliphatic heterocycles. The minimum Gasteiger partial charge on any atom is -0.508 e. The number of phenols is 1. The number of carbonyl (C=O) groups excluding carboxylic acids is 4. The van der Waals surface area contributed by atoms with Crippen LogP contribution in [-0.4, -0.2) is 82.2 Å². The van der Waals surface area contributed by atoms with Crippen LogP contribution >= 0.6 is 0 Å². The van der Waals surface area contributed by atoms with Gasteiger partial charge in [0.15, 0.2) is 0 Å². The number of amides is 4. The van der Waals surface area contributed by atoms with Crippen molar-refractivity contribution < 1.29 is 39.3 Å². The zero-order valence-corrected chi connectivity index (χ0v) is 20.4. The van der Waals surface area contributed by atoms with Gasteiger partial charge in [0.2, 0.25) is 23.6 Å². The maximum atomic E-state index is 13.0. The third-order valence-electron chi connectivity index (χ3n) is 5.42. The van der Waals surface area contributed by atoms with Gasteiger partial charge in [0, 0.05) is 12.8 Å². The Morgan fingerprint density at radius 2 is 1.38 bits per heavy atom. The summed E-state index contributed by atoms with van der Waals surface area (Å²) in [5.74, 6) is -4.53. The van der Waals surface area contributed by atoms with Crippen LogP contribution in [0.4, 0.5) is 0 Å². The molecule has 37 heavy (non-hydrogen) atoms. The fourth-order valence-electron chi connectivity index (χ4n) is 3.29. The Morgan fingerprint density at radius 3 is 1.89 bits per heavy atom. The van der Waals surface area contributed by atoms with Crippen molar-refractivity contribution in [1.82, 2.24) is 16.0 Å². The first kappa shape index (κ1) is 31.3. The van der Waals surface area contributed by atoms with E-state index in [0.717, 1.165) is 0 Å². The van der Waals surface area contributed by atoms with Crippen molar-refractivity contribution >= 4 is 29.6 Å². The van der Waals surface area contributed by atoms with Gasteiger partial charge in [0.25, 0.3) is 0 Å². The van der Waals surface area contributed by atoms with E-state index < -0.39 is 60.4 Å². The van der Waals surface area contributed by atoms with E-state index in [2.05, 4.69) is 16.0 Å². The predicted octanol–water partition coefficient (Wildman–Crippen LogP) is -2.81. The number of nitrogens with one attached hydrogen (secondary N) is 3. The van der Waals surface area contributed by atoms with Gasteiger partial charge in [-0.2, -0.15) is 0 Å². The second kappa shape index (κ2) is 16.1. The number of carboxylic acids is 1. The molecule has 1 aromatic rings. The van der Waals surface area contributed by atoms with Gasteiger partial charge in [0.1, 0.15) is 29.9 Å². The highest BCUT2D eigenvalue weighted by Gasteiger charge is 2.30. The molecule has 0 spiro atoms. The molecule has 4 amide bonds. The standard InChI is InChI=1S/C23H36N6O8/c24-10-2-1-3-16(27-20(33)15(25)12-30)21(34)28-17(8-9-19(26)32)22(35)29-18(23(36)37)11-13-4-6-14(31)7-5-13/h4-7,15-18,30-31H,1-3,8-12,24-25H2,(H2,26,32)(H,27,33)(H,28,34)(H,29,35)(H,36,37). The van der Waals surface area contributed by atoms with Crippen LogP contribution in [0, 0.1) is 0 Å². The molecule has 14 heteroatoms. The van der Waals surface area contributed by atoms with Gasteiger partial charge in [0.05, 0.1) is 6.61 Å². The second-order valence-electron chi connectivity index (χ2n) is 8.47. The second-order valence-corrected chi connectivity index (χ2v) is 8.47. The van der Waals surface area contributed by atoms with Crippen molar-refractivity contribution in [3.63, 3.8) is 0 Å². The number of aliphatic hydroxyl groups excluding tert-OH is 1. The number of nitrogens with two attached hydrogens (primary N) is 3. The number of carbonyl (C=O) groups is 5. The van der Waals surface area contributed by atoms with Crippen molar-refractivity contribution in [3.05, 3.63) is 29.8 Å². The lowest BCUT2D eigenvalue weighted by atomic mass is 10.0. The van der Waals surface area contributed by atoms with E-state index in [0.29, 0.717) is 24.9 Å². The molecular formula is C23H36N6O8. The number of rotatable bonds is 17. The van der Waals surface area contributed by atoms with Crippen molar-refractivity contribution in [3.8, 4) is 5.75 Å². The van der Waals surface area contributed by atoms with Crippen LogP contribution in [0.5, 0.6) is 5.75 Å². The number of unbranched alkanes of at least 4 members (excludes halogenated alkanes) is 1. The molecular weight excluding hydrogens is 488 g/mol. The summed E-state index contributed by atoms with van der Waals surface area (Å²) in [6.45, 7) is -0.302. The number of hydrogen-bond donors (Lipinski definition) is 9. The Hall–Kier alpha value is -3.75. The molecule has 0 saturated carbocycles. The molecule has 1 aromatic carbocycles. The van der Waals surface area contributed by atoms with E-state index in [1.54, 1.807) is 0 Å². The molecule has 0 aliphatic rings. The first-order valence-electron chi connectivity index (χ1n) is 11.7. The summed E-state index contributed by atoms with van der Waals surface area (Å²) in [4.78, 5) is 61.2. The summed E-state index contributed by atoms with van der Waals surface area (Å²) in [7, 11) is 0. The molecule has 4 unspecified atom stereocenters. The van der Waals surface area contributed by atoms with Gasteiger partial charge in [-0.15, -0.1) is 0 Å². The number of phenolic OH excluding ortho intramolecular Hbond substituents is 1. The first-order valence-corrected chi connectivity index (χ1v) is 11.7. The highest BCUT2D eigenvalue weighted by atomic mass is 16.4. The smallest absolute Gasteiger partial charge is 0.326 e. The van der Waals surface area contributed by atoms with E-state index in [4.69, 9.17) is 22.3 Å². The van der Waals surface area contributed by atoms with Crippen LogP contribution in [0.1, 0.15) is 37.7 Å². The quantitative estimate of drug-likeness (QED) is 0.0944. The lowest BCUT2D eigenvalue weighted by Crippen LogP contribution is -2.57. The van der Waals surface area contributed by atoms with Crippen molar-refractivity contribution in [1.29, 1.82) is 0 Å². The zero-order chi connectivity index (χ0) is 28.0. The van der Waals surface area contributed by atoms with E-state index in [1.165, 1.54) is 24.3 Å². The number of aromatic hydroxyl groups is 1. The number of carboxylic acid groups (broad SMARTS) is 1. The Labute approximate surface area is 213 Å². The molecule has 14 nitrogen and oxygen atoms in total. The van der Waals surface area contributed by atoms with E-state index in [-0.39, 0.29) is 31.4 Å². The fraction of sp³-hybridized carbons (Fsp3) is 0.522. The van der Waals surface area contributed by atoms with Crippen molar-refractivity contribution in [2.45, 2.75) is 62.7 Å². The average molecular weight is 525 g/mol. The summed E-state index contributed by atoms with van der Waals surface area (Å²) in [6.07, 6.45) is 0.528. The molecule has 0 saturated heterocycles. The van der Waals surface area contributed by atoms with E-state index in [1.807, 2.05) is 0 Å². The molecule has 0 aromatic heterocycles. The third-order valence-corrected chi connectivity index (χ3v) is 5.42. The fourth-order valence-corrected chi connectivity index (χ4v) is 3.29. The maximum Gasteiger partial charge on any atom is 0.326 e. The largest absolute Gasteiger partial charge is 0.508 e. The molecule has 0 fully saturated rings. The van der Waals surface area contributed by atoms with Gasteiger partial charge in [-0.25, -0.2) is 4.79 Å². The van der Waals surface area contributed by atoms with Crippen LogP contribution in [0.2, 0.25) is 0 Å². The number of primary amides is 1. The molecule has 206 valence electrons. The van der Waals surface area contributed by atoms with Crippen molar-refractivity contribution in [2.75, 3.05) is 13.2 Å². The van der Waals surface area contributed by atoms with Crippen LogP contribution in [0.15, 0.2) is 24.3 Å². The molecule has 0 heterocycles. The summed E-state index contributed by atoms with van der Waals surface area (Å²) >= 11 is 0. The minimum atomic E-state index is -1.38. The lowest BCUT2D eigenvalue weighted by molar-refractivity contribution is -0.142. The Morgan fingerprint density at radius 1 is 0.838 bits per heavy atom. The van der Waals surface area contributed by atoms with Crippen LogP contribution < -0.4 is 33.2 Å².